The molecule has 2 unspecified atom stereocenters. The molecule has 1 aliphatic rings. The van der Waals surface area contributed by atoms with Crippen LogP contribution >= 0.6 is 11.6 Å². The molecule has 2 atom stereocenters. The highest BCUT2D eigenvalue weighted by Crippen LogP contribution is 2.36. The quantitative estimate of drug-likeness (QED) is 0.589. The van der Waals surface area contributed by atoms with E-state index in [1.165, 1.54) is 28.7 Å². The van der Waals surface area contributed by atoms with Crippen molar-refractivity contribution < 1.29 is 0 Å². The van der Waals surface area contributed by atoms with E-state index in [9.17, 15) is 0 Å². The summed E-state index contributed by atoms with van der Waals surface area (Å²) in [6, 6.07) is 28.3. The standard InChI is InChI=1S/C24H24ClN/c25-22-14-10-18(11-15-22)16-21-13-12-20-8-4-5-9-23(20)24(21)26-17-19-6-2-1-3-7-19/h1-11,14-15,21,24,26H,12-13,16-17H2. The van der Waals surface area contributed by atoms with Crippen molar-refractivity contribution >= 4 is 11.6 Å². The lowest BCUT2D eigenvalue weighted by Gasteiger charge is -2.35. The second kappa shape index (κ2) is 8.07. The van der Waals surface area contributed by atoms with Gasteiger partial charge in [-0.3, -0.25) is 0 Å². The van der Waals surface area contributed by atoms with Gasteiger partial charge in [0.25, 0.3) is 0 Å². The highest BCUT2D eigenvalue weighted by Gasteiger charge is 2.29. The zero-order valence-corrected chi connectivity index (χ0v) is 15.6. The summed E-state index contributed by atoms with van der Waals surface area (Å²) in [5.74, 6) is 0.592. The average Bonchev–Trinajstić information content (AvgIpc) is 2.69. The predicted molar refractivity (Wildman–Crippen MR) is 109 cm³/mol. The lowest BCUT2D eigenvalue weighted by Crippen LogP contribution is -2.33. The van der Waals surface area contributed by atoms with Gasteiger partial charge in [0, 0.05) is 17.6 Å². The highest BCUT2D eigenvalue weighted by molar-refractivity contribution is 6.30. The molecule has 0 fully saturated rings. The molecule has 0 radical (unpaired) electrons. The van der Waals surface area contributed by atoms with Gasteiger partial charge in [-0.1, -0.05) is 78.3 Å². The van der Waals surface area contributed by atoms with Gasteiger partial charge in [0.2, 0.25) is 0 Å². The van der Waals surface area contributed by atoms with Gasteiger partial charge < -0.3 is 5.32 Å². The SMILES string of the molecule is Clc1ccc(CC2CCc3ccccc3C2NCc2ccccc2)cc1. The topological polar surface area (TPSA) is 12.0 Å². The Morgan fingerprint density at radius 1 is 0.808 bits per heavy atom. The van der Waals surface area contributed by atoms with E-state index < -0.39 is 0 Å². The summed E-state index contributed by atoms with van der Waals surface area (Å²) in [5, 5.41) is 4.66. The molecule has 1 nitrogen and oxygen atoms in total. The number of halogens is 1. The lowest BCUT2D eigenvalue weighted by atomic mass is 9.77. The van der Waals surface area contributed by atoms with E-state index >= 15 is 0 Å². The first kappa shape index (κ1) is 17.3. The Balaban J connectivity index is 1.56. The molecule has 0 aliphatic heterocycles. The first-order valence-corrected chi connectivity index (χ1v) is 9.77. The van der Waals surface area contributed by atoms with Gasteiger partial charge in [-0.2, -0.15) is 0 Å². The Morgan fingerprint density at radius 2 is 1.54 bits per heavy atom. The first-order valence-electron chi connectivity index (χ1n) is 9.39. The van der Waals surface area contributed by atoms with Crippen LogP contribution in [0.5, 0.6) is 0 Å². The molecule has 3 aromatic carbocycles. The Kier molecular flexibility index (Phi) is 5.38. The number of fused-ring (bicyclic) bond motifs is 1. The molecular formula is C24H24ClN. The molecule has 4 rings (SSSR count). The van der Waals surface area contributed by atoms with Gasteiger partial charge in [0.15, 0.2) is 0 Å². The maximum atomic E-state index is 6.06. The van der Waals surface area contributed by atoms with Gasteiger partial charge in [0.1, 0.15) is 0 Å². The molecule has 2 heteroatoms. The van der Waals surface area contributed by atoms with E-state index in [1.807, 2.05) is 12.1 Å². The minimum Gasteiger partial charge on any atom is -0.306 e. The zero-order chi connectivity index (χ0) is 17.8. The second-order valence-corrected chi connectivity index (χ2v) is 7.61. The van der Waals surface area contributed by atoms with E-state index in [0.29, 0.717) is 12.0 Å². The molecule has 3 aromatic rings. The van der Waals surface area contributed by atoms with Crippen LogP contribution in [0, 0.1) is 5.92 Å². The van der Waals surface area contributed by atoms with Crippen molar-refractivity contribution in [2.24, 2.45) is 5.92 Å². The third-order valence-electron chi connectivity index (χ3n) is 5.43. The molecule has 132 valence electrons. The Hall–Kier alpha value is -2.09. The van der Waals surface area contributed by atoms with Crippen molar-refractivity contribution in [3.8, 4) is 0 Å². The van der Waals surface area contributed by atoms with Crippen LogP contribution in [0.25, 0.3) is 0 Å². The summed E-state index contributed by atoms with van der Waals surface area (Å²) in [4.78, 5) is 0. The first-order chi connectivity index (χ1) is 12.8. The van der Waals surface area contributed by atoms with E-state index in [2.05, 4.69) is 72.0 Å². The van der Waals surface area contributed by atoms with E-state index in [0.717, 1.165) is 24.4 Å². The number of rotatable bonds is 5. The van der Waals surface area contributed by atoms with Crippen molar-refractivity contribution in [1.29, 1.82) is 0 Å². The number of nitrogens with one attached hydrogen (secondary N) is 1. The van der Waals surface area contributed by atoms with Crippen LogP contribution in [0.4, 0.5) is 0 Å². The molecule has 0 bridgehead atoms. The summed E-state index contributed by atoms with van der Waals surface area (Å²) in [5.41, 5.74) is 5.66. The molecule has 1 N–H and O–H groups in total. The molecule has 0 saturated heterocycles. The second-order valence-electron chi connectivity index (χ2n) is 7.17. The smallest absolute Gasteiger partial charge is 0.0406 e. The molecule has 0 aromatic heterocycles. The number of hydrogen-bond donors (Lipinski definition) is 1. The van der Waals surface area contributed by atoms with E-state index in [-0.39, 0.29) is 0 Å². The maximum Gasteiger partial charge on any atom is 0.0406 e. The van der Waals surface area contributed by atoms with Crippen LogP contribution in [0.2, 0.25) is 5.02 Å². The van der Waals surface area contributed by atoms with Crippen LogP contribution in [0.15, 0.2) is 78.9 Å². The minimum absolute atomic E-state index is 0.385. The van der Waals surface area contributed by atoms with Crippen LogP contribution in [-0.2, 0) is 19.4 Å². The van der Waals surface area contributed by atoms with Crippen LogP contribution in [0.1, 0.15) is 34.7 Å². The summed E-state index contributed by atoms with van der Waals surface area (Å²) in [7, 11) is 0. The van der Waals surface area contributed by atoms with Crippen LogP contribution in [0.3, 0.4) is 0 Å². The average molecular weight is 362 g/mol. The Labute approximate surface area is 161 Å². The Morgan fingerprint density at radius 3 is 2.35 bits per heavy atom. The van der Waals surface area contributed by atoms with Crippen molar-refractivity contribution in [3.63, 3.8) is 0 Å². The van der Waals surface area contributed by atoms with E-state index in [4.69, 9.17) is 11.6 Å². The summed E-state index contributed by atoms with van der Waals surface area (Å²) in [6.07, 6.45) is 3.46. The molecule has 1 aliphatic carbocycles. The third kappa shape index (κ3) is 4.00. The van der Waals surface area contributed by atoms with Gasteiger partial charge in [0.05, 0.1) is 0 Å². The lowest BCUT2D eigenvalue weighted by molar-refractivity contribution is 0.317. The van der Waals surface area contributed by atoms with Gasteiger partial charge >= 0.3 is 0 Å². The number of hydrogen-bond acceptors (Lipinski definition) is 1. The largest absolute Gasteiger partial charge is 0.306 e. The molecular weight excluding hydrogens is 338 g/mol. The van der Waals surface area contributed by atoms with Gasteiger partial charge in [-0.25, -0.2) is 0 Å². The number of aryl methyl sites for hydroxylation is 1. The molecule has 0 heterocycles. The molecule has 0 spiro atoms. The van der Waals surface area contributed by atoms with Crippen LogP contribution in [-0.4, -0.2) is 0 Å². The van der Waals surface area contributed by atoms with Crippen LogP contribution < -0.4 is 5.32 Å². The third-order valence-corrected chi connectivity index (χ3v) is 5.68. The van der Waals surface area contributed by atoms with Crippen molar-refractivity contribution in [1.82, 2.24) is 5.32 Å². The minimum atomic E-state index is 0.385. The van der Waals surface area contributed by atoms with E-state index in [1.54, 1.807) is 0 Å². The normalized spacial score (nSPS) is 19.1. The van der Waals surface area contributed by atoms with Gasteiger partial charge in [-0.05, 0) is 59.6 Å². The van der Waals surface area contributed by atoms with Crippen molar-refractivity contribution in [3.05, 3.63) is 106 Å². The summed E-state index contributed by atoms with van der Waals surface area (Å²) < 4.78 is 0. The Bertz CT molecular complexity index is 842. The van der Waals surface area contributed by atoms with Crippen molar-refractivity contribution in [2.45, 2.75) is 31.8 Å². The fourth-order valence-corrected chi connectivity index (χ4v) is 4.20. The molecule has 0 saturated carbocycles. The fraction of sp³-hybridized carbons (Fsp3) is 0.250. The summed E-state index contributed by atoms with van der Waals surface area (Å²) in [6.45, 7) is 0.900. The molecule has 0 amide bonds. The number of benzene rings is 3. The summed E-state index contributed by atoms with van der Waals surface area (Å²) >= 11 is 6.06. The molecule has 26 heavy (non-hydrogen) atoms. The van der Waals surface area contributed by atoms with Crippen molar-refractivity contribution in [2.75, 3.05) is 0 Å². The predicted octanol–water partition coefficient (Wildman–Crippen LogP) is 5.98. The monoisotopic (exact) mass is 361 g/mol. The zero-order valence-electron chi connectivity index (χ0n) is 14.9. The van der Waals surface area contributed by atoms with Gasteiger partial charge in [-0.15, -0.1) is 0 Å². The highest BCUT2D eigenvalue weighted by atomic mass is 35.5. The maximum absolute atomic E-state index is 6.06. The fourth-order valence-electron chi connectivity index (χ4n) is 4.07.